The summed E-state index contributed by atoms with van der Waals surface area (Å²) < 4.78 is 16.1. The first-order valence-corrected chi connectivity index (χ1v) is 6.80. The molecule has 1 N–H and O–H groups in total. The van der Waals surface area contributed by atoms with Gasteiger partial charge in [-0.1, -0.05) is 12.8 Å². The number of methoxy groups -OCH3 is 3. The fraction of sp³-hybridized carbons (Fsp3) is 0.600. The van der Waals surface area contributed by atoms with Crippen molar-refractivity contribution in [2.24, 2.45) is 0 Å². The van der Waals surface area contributed by atoms with E-state index in [1.807, 2.05) is 18.2 Å². The molecule has 0 saturated heterocycles. The Hall–Kier alpha value is -1.42. The number of anilines is 1. The molecule has 0 heterocycles. The quantitative estimate of drug-likeness (QED) is 0.888. The molecule has 2 unspecified atom stereocenters. The first-order valence-electron chi connectivity index (χ1n) is 6.80. The molecule has 106 valence electrons. The minimum Gasteiger partial charge on any atom is -0.493 e. The Balaban J connectivity index is 2.09. The summed E-state index contributed by atoms with van der Waals surface area (Å²) >= 11 is 0. The van der Waals surface area contributed by atoms with Crippen molar-refractivity contribution in [3.8, 4) is 11.5 Å². The van der Waals surface area contributed by atoms with Crippen molar-refractivity contribution in [3.05, 3.63) is 18.2 Å². The van der Waals surface area contributed by atoms with Crippen LogP contribution in [0.25, 0.3) is 0 Å². The van der Waals surface area contributed by atoms with Crippen LogP contribution in [-0.4, -0.2) is 33.5 Å². The summed E-state index contributed by atoms with van der Waals surface area (Å²) in [5.41, 5.74) is 1.05. The molecule has 0 amide bonds. The standard InChI is InChI=1S/C15H23NO3/c1-17-13-7-5-4-6-12(13)16-11-8-9-14(18-2)15(10-11)19-3/h8-10,12-13,16H,4-7H2,1-3H3. The summed E-state index contributed by atoms with van der Waals surface area (Å²) in [6.07, 6.45) is 5.07. The molecule has 1 saturated carbocycles. The van der Waals surface area contributed by atoms with Crippen LogP contribution in [0.5, 0.6) is 11.5 Å². The normalized spacial score (nSPS) is 22.9. The zero-order valence-electron chi connectivity index (χ0n) is 11.9. The molecule has 1 aromatic rings. The van der Waals surface area contributed by atoms with E-state index in [2.05, 4.69) is 5.32 Å². The van der Waals surface area contributed by atoms with Gasteiger partial charge in [-0.05, 0) is 25.0 Å². The van der Waals surface area contributed by atoms with Crippen molar-refractivity contribution < 1.29 is 14.2 Å². The van der Waals surface area contributed by atoms with Crippen LogP contribution < -0.4 is 14.8 Å². The fourth-order valence-corrected chi connectivity index (χ4v) is 2.68. The third-order valence-electron chi connectivity index (χ3n) is 3.74. The SMILES string of the molecule is COc1ccc(NC2CCCCC2OC)cc1OC. The Bertz CT molecular complexity index is 408. The highest BCUT2D eigenvalue weighted by atomic mass is 16.5. The number of hydrogen-bond donors (Lipinski definition) is 1. The van der Waals surface area contributed by atoms with Gasteiger partial charge in [0.1, 0.15) is 0 Å². The van der Waals surface area contributed by atoms with Crippen LogP contribution in [0.2, 0.25) is 0 Å². The Morgan fingerprint density at radius 2 is 1.74 bits per heavy atom. The lowest BCUT2D eigenvalue weighted by molar-refractivity contribution is 0.0606. The maximum atomic E-state index is 5.56. The first-order chi connectivity index (χ1) is 9.28. The van der Waals surface area contributed by atoms with Gasteiger partial charge in [0, 0.05) is 18.9 Å². The largest absolute Gasteiger partial charge is 0.493 e. The van der Waals surface area contributed by atoms with Gasteiger partial charge in [0.25, 0.3) is 0 Å². The molecule has 1 fully saturated rings. The molecule has 1 aliphatic rings. The molecular weight excluding hydrogens is 242 g/mol. The first kappa shape index (κ1) is 14.0. The van der Waals surface area contributed by atoms with E-state index in [9.17, 15) is 0 Å². The number of rotatable bonds is 5. The number of ether oxygens (including phenoxy) is 3. The molecule has 4 heteroatoms. The summed E-state index contributed by atoms with van der Waals surface area (Å²) in [5, 5.41) is 3.55. The van der Waals surface area contributed by atoms with Crippen molar-refractivity contribution in [3.63, 3.8) is 0 Å². The van der Waals surface area contributed by atoms with Crippen molar-refractivity contribution in [2.45, 2.75) is 37.8 Å². The van der Waals surface area contributed by atoms with Crippen LogP contribution in [0.4, 0.5) is 5.69 Å². The van der Waals surface area contributed by atoms with E-state index >= 15 is 0 Å². The molecular formula is C15H23NO3. The zero-order chi connectivity index (χ0) is 13.7. The van der Waals surface area contributed by atoms with E-state index in [1.54, 1.807) is 21.3 Å². The van der Waals surface area contributed by atoms with Gasteiger partial charge in [0.15, 0.2) is 11.5 Å². The number of hydrogen-bond acceptors (Lipinski definition) is 4. The second-order valence-corrected chi connectivity index (χ2v) is 4.88. The van der Waals surface area contributed by atoms with Crippen LogP contribution >= 0.6 is 0 Å². The average Bonchev–Trinajstić information content (AvgIpc) is 2.47. The van der Waals surface area contributed by atoms with Crippen molar-refractivity contribution >= 4 is 5.69 Å². The monoisotopic (exact) mass is 265 g/mol. The van der Waals surface area contributed by atoms with E-state index in [0.717, 1.165) is 30.0 Å². The van der Waals surface area contributed by atoms with Gasteiger partial charge >= 0.3 is 0 Å². The summed E-state index contributed by atoms with van der Waals surface area (Å²) in [6.45, 7) is 0. The molecule has 1 aromatic carbocycles. The molecule has 2 rings (SSSR count). The smallest absolute Gasteiger partial charge is 0.162 e. The zero-order valence-corrected chi connectivity index (χ0v) is 11.9. The summed E-state index contributed by atoms with van der Waals surface area (Å²) in [6, 6.07) is 6.28. The maximum absolute atomic E-state index is 5.56. The second kappa shape index (κ2) is 6.66. The molecule has 2 atom stereocenters. The van der Waals surface area contributed by atoms with Crippen molar-refractivity contribution in [2.75, 3.05) is 26.6 Å². The molecule has 0 spiro atoms. The third kappa shape index (κ3) is 3.32. The summed E-state index contributed by atoms with van der Waals surface area (Å²) in [4.78, 5) is 0. The van der Waals surface area contributed by atoms with Gasteiger partial charge in [0.05, 0.1) is 26.4 Å². The molecule has 19 heavy (non-hydrogen) atoms. The van der Waals surface area contributed by atoms with Crippen molar-refractivity contribution in [1.29, 1.82) is 0 Å². The summed E-state index contributed by atoms with van der Waals surface area (Å²) in [7, 11) is 5.09. The van der Waals surface area contributed by atoms with E-state index in [4.69, 9.17) is 14.2 Å². The van der Waals surface area contributed by atoms with Gasteiger partial charge in [-0.15, -0.1) is 0 Å². The highest BCUT2D eigenvalue weighted by Crippen LogP contribution is 2.31. The van der Waals surface area contributed by atoms with Gasteiger partial charge in [0.2, 0.25) is 0 Å². The lowest BCUT2D eigenvalue weighted by Gasteiger charge is -2.32. The highest BCUT2D eigenvalue weighted by molar-refractivity contribution is 5.55. The van der Waals surface area contributed by atoms with E-state index in [-0.39, 0.29) is 0 Å². The Morgan fingerprint density at radius 3 is 2.42 bits per heavy atom. The maximum Gasteiger partial charge on any atom is 0.162 e. The van der Waals surface area contributed by atoms with Gasteiger partial charge < -0.3 is 19.5 Å². The highest BCUT2D eigenvalue weighted by Gasteiger charge is 2.24. The van der Waals surface area contributed by atoms with Gasteiger partial charge in [-0.3, -0.25) is 0 Å². The molecule has 0 aromatic heterocycles. The molecule has 0 bridgehead atoms. The van der Waals surface area contributed by atoms with E-state index in [0.29, 0.717) is 12.1 Å². The molecule has 0 aliphatic heterocycles. The minimum absolute atomic E-state index is 0.293. The van der Waals surface area contributed by atoms with Crippen LogP contribution in [0.1, 0.15) is 25.7 Å². The number of nitrogens with one attached hydrogen (secondary N) is 1. The van der Waals surface area contributed by atoms with Gasteiger partial charge in [-0.2, -0.15) is 0 Å². The van der Waals surface area contributed by atoms with Crippen molar-refractivity contribution in [1.82, 2.24) is 0 Å². The third-order valence-corrected chi connectivity index (χ3v) is 3.74. The Morgan fingerprint density at radius 1 is 1.00 bits per heavy atom. The van der Waals surface area contributed by atoms with Crippen LogP contribution in [0.3, 0.4) is 0 Å². The Labute approximate surface area is 115 Å². The van der Waals surface area contributed by atoms with Gasteiger partial charge in [-0.25, -0.2) is 0 Å². The van der Waals surface area contributed by atoms with Crippen LogP contribution in [0.15, 0.2) is 18.2 Å². The van der Waals surface area contributed by atoms with Crippen LogP contribution in [-0.2, 0) is 4.74 Å². The summed E-state index contributed by atoms with van der Waals surface area (Å²) in [5.74, 6) is 1.50. The number of benzene rings is 1. The van der Waals surface area contributed by atoms with E-state index in [1.165, 1.54) is 12.8 Å². The predicted octanol–water partition coefficient (Wildman–Crippen LogP) is 3.07. The predicted molar refractivity (Wildman–Crippen MR) is 76.2 cm³/mol. The van der Waals surface area contributed by atoms with E-state index < -0.39 is 0 Å². The Kier molecular flexibility index (Phi) is 4.91. The molecule has 4 nitrogen and oxygen atoms in total. The molecule has 1 aliphatic carbocycles. The minimum atomic E-state index is 0.293. The lowest BCUT2D eigenvalue weighted by Crippen LogP contribution is -2.37. The molecule has 0 radical (unpaired) electrons. The van der Waals surface area contributed by atoms with Crippen LogP contribution in [0, 0.1) is 0 Å². The average molecular weight is 265 g/mol. The second-order valence-electron chi connectivity index (χ2n) is 4.88. The topological polar surface area (TPSA) is 39.7 Å². The lowest BCUT2D eigenvalue weighted by atomic mass is 9.92. The fourth-order valence-electron chi connectivity index (χ4n) is 2.68.